The molecule has 0 saturated heterocycles. The molecule has 0 heterocycles. The van der Waals surface area contributed by atoms with E-state index in [4.69, 9.17) is 25.8 Å². The number of ketones is 1. The average Bonchev–Trinajstić information content (AvgIpc) is 2.14. The van der Waals surface area contributed by atoms with Crippen molar-refractivity contribution in [2.24, 2.45) is 5.73 Å². The Kier molecular flexibility index (Phi) is 10.3. The summed E-state index contributed by atoms with van der Waals surface area (Å²) in [6.07, 6.45) is -0.0676. The van der Waals surface area contributed by atoms with Crippen LogP contribution in [0.3, 0.4) is 0 Å². The Labute approximate surface area is 80.1 Å². The van der Waals surface area contributed by atoms with E-state index in [1.165, 1.54) is 0 Å². The first-order valence-corrected chi connectivity index (χ1v) is 3.70. The van der Waals surface area contributed by atoms with E-state index in [1.807, 2.05) is 0 Å². The van der Waals surface area contributed by atoms with Gasteiger partial charge in [-0.2, -0.15) is 0 Å². The molecule has 0 fully saturated rings. The number of Topliss-reactive ketones (excluding diaryl/α,β-unsaturated/α-hetero) is 1. The van der Waals surface area contributed by atoms with Crippen LogP contribution in [0.15, 0.2) is 0 Å². The molecule has 0 atom stereocenters. The summed E-state index contributed by atoms with van der Waals surface area (Å²) < 4.78 is 0. The minimum atomic E-state index is -1.19. The van der Waals surface area contributed by atoms with Crippen LogP contribution in [0.25, 0.3) is 0 Å². The Balaban J connectivity index is 0. The van der Waals surface area contributed by atoms with E-state index in [2.05, 4.69) is 0 Å². The van der Waals surface area contributed by atoms with Gasteiger partial charge in [-0.05, 0) is 0 Å². The monoisotopic (exact) mass is 207 g/mol. The third-order valence-corrected chi connectivity index (χ3v) is 0.981. The second-order valence-corrected chi connectivity index (χ2v) is 2.19. The molecule has 0 aliphatic heterocycles. The third kappa shape index (κ3) is 16.9. The maximum Gasteiger partial charge on any atom is 0.329 e. The maximum absolute atomic E-state index is 10.3. The lowest BCUT2D eigenvalue weighted by Crippen LogP contribution is -2.14. The molecule has 5 N–H and O–H groups in total. The second kappa shape index (κ2) is 9.62. The van der Waals surface area contributed by atoms with Crippen molar-refractivity contribution in [3.8, 4) is 0 Å². The first-order valence-electron chi connectivity index (χ1n) is 3.70. The van der Waals surface area contributed by atoms with Gasteiger partial charge in [0.25, 0.3) is 0 Å². The van der Waals surface area contributed by atoms with Gasteiger partial charge in [0, 0.05) is 6.42 Å². The van der Waals surface area contributed by atoms with Crippen LogP contribution in [-0.4, -0.2) is 46.2 Å². The van der Waals surface area contributed by atoms with Crippen LogP contribution in [-0.2, 0) is 14.4 Å². The lowest BCUT2D eigenvalue weighted by Gasteiger charge is -1.90. The summed E-state index contributed by atoms with van der Waals surface area (Å²) >= 11 is 0. The number of aliphatic hydroxyl groups excluding tert-OH is 1. The van der Waals surface area contributed by atoms with Crippen molar-refractivity contribution >= 4 is 17.7 Å². The van der Waals surface area contributed by atoms with Crippen LogP contribution in [0.4, 0.5) is 0 Å². The second-order valence-electron chi connectivity index (χ2n) is 2.19. The molecule has 0 bridgehead atoms. The lowest BCUT2D eigenvalue weighted by molar-refractivity contribution is -0.140. The maximum atomic E-state index is 10.3. The molecule has 0 aromatic rings. The highest BCUT2D eigenvalue weighted by Crippen LogP contribution is 1.87. The molecule has 0 radical (unpaired) electrons. The summed E-state index contributed by atoms with van der Waals surface area (Å²) in [5.41, 5.74) is 4.92. The van der Waals surface area contributed by atoms with E-state index in [0.717, 1.165) is 0 Å². The van der Waals surface area contributed by atoms with Gasteiger partial charge in [0.05, 0.1) is 13.0 Å². The summed E-state index contributed by atoms with van der Waals surface area (Å²) in [6, 6.07) is 0. The fraction of sp³-hybridized carbons (Fsp3) is 0.571. The normalized spacial score (nSPS) is 8.43. The van der Waals surface area contributed by atoms with Crippen LogP contribution in [0.5, 0.6) is 0 Å². The molecule has 82 valence electrons. The molecular weight excluding hydrogens is 194 g/mol. The molecule has 0 aliphatic rings. The molecule has 0 saturated carbocycles. The van der Waals surface area contributed by atoms with E-state index in [9.17, 15) is 9.59 Å². The van der Waals surface area contributed by atoms with Crippen LogP contribution >= 0.6 is 0 Å². The predicted molar refractivity (Wildman–Crippen MR) is 45.7 cm³/mol. The lowest BCUT2D eigenvalue weighted by atomic mass is 10.2. The number of carbonyl (C=O) groups is 3. The molecule has 7 nitrogen and oxygen atoms in total. The number of rotatable bonds is 5. The van der Waals surface area contributed by atoms with Crippen LogP contribution in [0.2, 0.25) is 0 Å². The zero-order valence-electron chi connectivity index (χ0n) is 7.47. The average molecular weight is 207 g/mol. The van der Waals surface area contributed by atoms with Crippen molar-refractivity contribution in [2.45, 2.75) is 12.8 Å². The van der Waals surface area contributed by atoms with Crippen molar-refractivity contribution in [3.63, 3.8) is 0 Å². The Morgan fingerprint density at radius 2 is 1.43 bits per heavy atom. The summed E-state index contributed by atoms with van der Waals surface area (Å²) in [5, 5.41) is 23.1. The zero-order chi connectivity index (χ0) is 11.6. The van der Waals surface area contributed by atoms with Gasteiger partial charge >= 0.3 is 11.9 Å². The number of carboxylic acid groups (broad SMARTS) is 2. The predicted octanol–water partition coefficient (Wildman–Crippen LogP) is -1.56. The standard InChI is InChI=1S/C5H9NO3.C2H4O3/c6-3-4(7)1-2-5(8)9;3-1-2(4)5/h1-3,6H2,(H,8,9);3H,1H2,(H,4,5). The summed E-state index contributed by atoms with van der Waals surface area (Å²) in [5.74, 6) is -2.36. The fourth-order valence-electron chi connectivity index (χ4n) is 0.348. The van der Waals surface area contributed by atoms with Gasteiger partial charge < -0.3 is 21.1 Å². The molecule has 0 rings (SSSR count). The number of hydrogen-bond acceptors (Lipinski definition) is 5. The van der Waals surface area contributed by atoms with Crippen LogP contribution in [0, 0.1) is 0 Å². The fourth-order valence-corrected chi connectivity index (χ4v) is 0.348. The highest BCUT2D eigenvalue weighted by Gasteiger charge is 2.01. The first-order chi connectivity index (χ1) is 6.43. The summed E-state index contributed by atoms with van der Waals surface area (Å²) in [7, 11) is 0. The molecule has 0 unspecified atom stereocenters. The van der Waals surface area contributed by atoms with Crippen molar-refractivity contribution in [3.05, 3.63) is 0 Å². The van der Waals surface area contributed by atoms with E-state index >= 15 is 0 Å². The smallest absolute Gasteiger partial charge is 0.329 e. The number of aliphatic hydroxyl groups is 1. The number of aliphatic carboxylic acids is 2. The molecule has 0 amide bonds. The molecule has 0 aromatic carbocycles. The third-order valence-electron chi connectivity index (χ3n) is 0.981. The SMILES string of the molecule is NCC(=O)CCC(=O)O.O=C(O)CO. The van der Waals surface area contributed by atoms with Crippen molar-refractivity contribution in [1.29, 1.82) is 0 Å². The van der Waals surface area contributed by atoms with Gasteiger partial charge in [-0.15, -0.1) is 0 Å². The Hall–Kier alpha value is -1.47. The minimum absolute atomic E-state index is 0.0475. The molecule has 14 heavy (non-hydrogen) atoms. The minimum Gasteiger partial charge on any atom is -0.481 e. The Bertz CT molecular complexity index is 202. The Morgan fingerprint density at radius 1 is 1.00 bits per heavy atom. The van der Waals surface area contributed by atoms with E-state index in [0.29, 0.717) is 0 Å². The zero-order valence-corrected chi connectivity index (χ0v) is 7.47. The highest BCUT2D eigenvalue weighted by atomic mass is 16.4. The number of hydrogen-bond donors (Lipinski definition) is 4. The Morgan fingerprint density at radius 3 is 1.64 bits per heavy atom. The molecule has 0 aromatic heterocycles. The van der Waals surface area contributed by atoms with E-state index in [1.54, 1.807) is 0 Å². The van der Waals surface area contributed by atoms with Crippen molar-refractivity contribution in [2.75, 3.05) is 13.2 Å². The largest absolute Gasteiger partial charge is 0.481 e. The number of nitrogens with two attached hydrogens (primary N) is 1. The van der Waals surface area contributed by atoms with Gasteiger partial charge in [0.1, 0.15) is 12.4 Å². The molecule has 0 aliphatic carbocycles. The van der Waals surface area contributed by atoms with Crippen molar-refractivity contribution in [1.82, 2.24) is 0 Å². The quantitative estimate of drug-likeness (QED) is 0.427. The van der Waals surface area contributed by atoms with Crippen LogP contribution in [0.1, 0.15) is 12.8 Å². The summed E-state index contributed by atoms with van der Waals surface area (Å²) in [6.45, 7) is -0.840. The first kappa shape index (κ1) is 15.0. The van der Waals surface area contributed by atoms with Gasteiger partial charge in [0.15, 0.2) is 0 Å². The van der Waals surface area contributed by atoms with Gasteiger partial charge in [-0.3, -0.25) is 9.59 Å². The topological polar surface area (TPSA) is 138 Å². The van der Waals surface area contributed by atoms with Crippen molar-refractivity contribution < 1.29 is 29.7 Å². The van der Waals surface area contributed by atoms with E-state index in [-0.39, 0.29) is 25.2 Å². The molecular formula is C7H13NO6. The summed E-state index contributed by atoms with van der Waals surface area (Å²) in [4.78, 5) is 29.3. The molecule has 7 heteroatoms. The number of carboxylic acids is 2. The van der Waals surface area contributed by atoms with Gasteiger partial charge in [-0.1, -0.05) is 0 Å². The molecule has 0 spiro atoms. The highest BCUT2D eigenvalue weighted by molar-refractivity contribution is 5.83. The van der Waals surface area contributed by atoms with Gasteiger partial charge in [-0.25, -0.2) is 4.79 Å². The number of carbonyl (C=O) groups excluding carboxylic acids is 1. The van der Waals surface area contributed by atoms with Crippen LogP contribution < -0.4 is 5.73 Å². The van der Waals surface area contributed by atoms with Gasteiger partial charge in [0.2, 0.25) is 0 Å². The van der Waals surface area contributed by atoms with E-state index < -0.39 is 18.5 Å².